The average molecular weight is 375 g/mol. The van der Waals surface area contributed by atoms with Crippen LogP contribution in [0.4, 0.5) is 4.39 Å². The molecule has 5 rings (SSSR count). The highest BCUT2D eigenvalue weighted by atomic mass is 19.1. The van der Waals surface area contributed by atoms with Gasteiger partial charge in [-0.3, -0.25) is 19.1 Å². The van der Waals surface area contributed by atoms with Crippen LogP contribution >= 0.6 is 0 Å². The number of likely N-dealkylation sites (tertiary alicyclic amines) is 1. The van der Waals surface area contributed by atoms with Crippen LogP contribution in [0.25, 0.3) is 16.9 Å². The topological polar surface area (TPSA) is 66.3 Å². The number of halogens is 1. The zero-order valence-electron chi connectivity index (χ0n) is 15.0. The van der Waals surface area contributed by atoms with Crippen molar-refractivity contribution in [3.63, 3.8) is 0 Å². The maximum Gasteiger partial charge on any atom is 0.274 e. The van der Waals surface area contributed by atoms with E-state index in [4.69, 9.17) is 0 Å². The Kier molecular flexibility index (Phi) is 4.02. The number of pyridine rings is 1. The summed E-state index contributed by atoms with van der Waals surface area (Å²) < 4.78 is 15.0. The van der Waals surface area contributed by atoms with Crippen LogP contribution in [0.1, 0.15) is 17.3 Å². The fourth-order valence-electron chi connectivity index (χ4n) is 3.69. The lowest BCUT2D eigenvalue weighted by Crippen LogP contribution is -2.44. The van der Waals surface area contributed by atoms with Gasteiger partial charge in [-0.1, -0.05) is 6.07 Å². The molecular weight excluding hydrogens is 357 g/mol. The van der Waals surface area contributed by atoms with Crippen LogP contribution in [0.5, 0.6) is 0 Å². The van der Waals surface area contributed by atoms with Crippen LogP contribution in [0, 0.1) is 5.82 Å². The molecule has 1 saturated heterocycles. The summed E-state index contributed by atoms with van der Waals surface area (Å²) in [6.45, 7) is 2.47. The van der Waals surface area contributed by atoms with Crippen LogP contribution < -0.4 is 5.56 Å². The zero-order chi connectivity index (χ0) is 19.1. The van der Waals surface area contributed by atoms with Crippen molar-refractivity contribution < 1.29 is 4.39 Å². The number of hydrogen-bond acceptors (Lipinski definition) is 4. The molecule has 1 fully saturated rings. The molecule has 0 radical (unpaired) electrons. The first kappa shape index (κ1) is 16.8. The molecular formula is C21H18FN5O. The van der Waals surface area contributed by atoms with E-state index in [1.54, 1.807) is 22.7 Å². The highest BCUT2D eigenvalue weighted by Gasteiger charge is 2.29. The van der Waals surface area contributed by atoms with Crippen molar-refractivity contribution in [3.05, 3.63) is 88.6 Å². The van der Waals surface area contributed by atoms with E-state index in [0.29, 0.717) is 23.8 Å². The molecule has 7 heteroatoms. The van der Waals surface area contributed by atoms with Gasteiger partial charge in [0.1, 0.15) is 17.2 Å². The summed E-state index contributed by atoms with van der Waals surface area (Å²) in [6, 6.07) is 12.1. The standard InChI is InChI=1S/C21H18FN5O/c22-16-6-4-14(5-7-16)20-24-9-19-21(28)25-17(13-27(19)20)12-26-10-15(11-26)18-3-1-2-8-23-18/h1-9,13,15H,10-12H2,(H,25,28). The van der Waals surface area contributed by atoms with Crippen LogP contribution in [0.2, 0.25) is 0 Å². The van der Waals surface area contributed by atoms with Gasteiger partial charge in [-0.05, 0) is 36.4 Å². The molecule has 4 heterocycles. The summed E-state index contributed by atoms with van der Waals surface area (Å²) in [5.41, 5.74) is 2.98. The molecule has 0 unspecified atom stereocenters. The van der Waals surface area contributed by atoms with Gasteiger partial charge in [0.25, 0.3) is 5.56 Å². The zero-order valence-corrected chi connectivity index (χ0v) is 15.0. The molecule has 0 saturated carbocycles. The molecule has 140 valence electrons. The Morgan fingerprint density at radius 1 is 1.11 bits per heavy atom. The van der Waals surface area contributed by atoms with Gasteiger partial charge >= 0.3 is 0 Å². The number of nitrogens with one attached hydrogen (secondary N) is 1. The van der Waals surface area contributed by atoms with E-state index in [2.05, 4.69) is 25.9 Å². The second-order valence-corrected chi connectivity index (χ2v) is 7.10. The predicted octanol–water partition coefficient (Wildman–Crippen LogP) is 2.82. The molecule has 1 aliphatic rings. The first-order chi connectivity index (χ1) is 13.7. The molecule has 0 atom stereocenters. The number of aromatic nitrogens is 4. The predicted molar refractivity (Wildman–Crippen MR) is 103 cm³/mol. The average Bonchev–Trinajstić information content (AvgIpc) is 3.10. The summed E-state index contributed by atoms with van der Waals surface area (Å²) >= 11 is 0. The Morgan fingerprint density at radius 3 is 2.68 bits per heavy atom. The highest BCUT2D eigenvalue weighted by Crippen LogP contribution is 2.26. The SMILES string of the molecule is O=c1[nH]c(CN2CC(c3ccccn3)C2)cn2c(-c3ccc(F)cc3)ncc12. The molecule has 6 nitrogen and oxygen atoms in total. The molecule has 28 heavy (non-hydrogen) atoms. The van der Waals surface area contributed by atoms with Crippen molar-refractivity contribution >= 4 is 5.52 Å². The fourth-order valence-corrected chi connectivity index (χ4v) is 3.69. The van der Waals surface area contributed by atoms with Crippen LogP contribution in [-0.4, -0.2) is 37.3 Å². The lowest BCUT2D eigenvalue weighted by atomic mass is 9.95. The fraction of sp³-hybridized carbons (Fsp3) is 0.190. The lowest BCUT2D eigenvalue weighted by Gasteiger charge is -2.38. The molecule has 4 aromatic rings. The Morgan fingerprint density at radius 2 is 1.93 bits per heavy atom. The van der Waals surface area contributed by atoms with E-state index in [-0.39, 0.29) is 11.4 Å². The van der Waals surface area contributed by atoms with E-state index < -0.39 is 0 Å². The van der Waals surface area contributed by atoms with Crippen LogP contribution in [-0.2, 0) is 6.54 Å². The largest absolute Gasteiger partial charge is 0.322 e. The van der Waals surface area contributed by atoms with E-state index in [1.807, 2.05) is 24.5 Å². The molecule has 0 bridgehead atoms. The van der Waals surface area contributed by atoms with Crippen molar-refractivity contribution in [3.8, 4) is 11.4 Å². The second kappa shape index (κ2) is 6.69. The maximum atomic E-state index is 13.2. The summed E-state index contributed by atoms with van der Waals surface area (Å²) in [6.07, 6.45) is 5.26. The first-order valence-corrected chi connectivity index (χ1v) is 9.16. The Labute approximate surface area is 160 Å². The number of H-pyrrole nitrogens is 1. The summed E-state index contributed by atoms with van der Waals surface area (Å²) in [5, 5.41) is 0. The van der Waals surface area contributed by atoms with E-state index in [0.717, 1.165) is 30.0 Å². The van der Waals surface area contributed by atoms with Crippen LogP contribution in [0.3, 0.4) is 0 Å². The van der Waals surface area contributed by atoms with Gasteiger partial charge in [0.15, 0.2) is 0 Å². The van der Waals surface area contributed by atoms with Crippen molar-refractivity contribution in [2.24, 2.45) is 0 Å². The van der Waals surface area contributed by atoms with Crippen molar-refractivity contribution in [1.29, 1.82) is 0 Å². The number of aromatic amines is 1. The van der Waals surface area contributed by atoms with Crippen LogP contribution in [0.15, 0.2) is 65.8 Å². The van der Waals surface area contributed by atoms with E-state index >= 15 is 0 Å². The number of rotatable bonds is 4. The molecule has 0 spiro atoms. The molecule has 0 amide bonds. The molecule has 3 aromatic heterocycles. The number of imidazole rings is 1. The summed E-state index contributed by atoms with van der Waals surface area (Å²) in [7, 11) is 0. The van der Waals surface area contributed by atoms with Gasteiger partial charge in [-0.15, -0.1) is 0 Å². The first-order valence-electron chi connectivity index (χ1n) is 9.16. The quantitative estimate of drug-likeness (QED) is 0.596. The Bertz CT molecular complexity index is 1180. The number of hydrogen-bond donors (Lipinski definition) is 1. The molecule has 1 N–H and O–H groups in total. The lowest BCUT2D eigenvalue weighted by molar-refractivity contribution is 0.135. The Hall–Kier alpha value is -3.32. The second-order valence-electron chi connectivity index (χ2n) is 7.10. The minimum atomic E-state index is -0.302. The van der Waals surface area contributed by atoms with Gasteiger partial charge in [-0.2, -0.15) is 0 Å². The van der Waals surface area contributed by atoms with Crippen molar-refractivity contribution in [2.75, 3.05) is 13.1 Å². The van der Waals surface area contributed by atoms with E-state index in [1.165, 1.54) is 12.1 Å². The minimum Gasteiger partial charge on any atom is -0.322 e. The number of benzene rings is 1. The maximum absolute atomic E-state index is 13.2. The van der Waals surface area contributed by atoms with Gasteiger partial charge in [-0.25, -0.2) is 9.37 Å². The smallest absolute Gasteiger partial charge is 0.274 e. The van der Waals surface area contributed by atoms with Crippen molar-refractivity contribution in [1.82, 2.24) is 24.3 Å². The van der Waals surface area contributed by atoms with Crippen molar-refractivity contribution in [2.45, 2.75) is 12.5 Å². The summed E-state index contributed by atoms with van der Waals surface area (Å²) in [4.78, 5) is 26.5. The normalized spacial score (nSPS) is 15.0. The Balaban J connectivity index is 1.39. The minimum absolute atomic E-state index is 0.180. The molecule has 1 aliphatic heterocycles. The monoisotopic (exact) mass is 375 g/mol. The summed E-state index contributed by atoms with van der Waals surface area (Å²) in [5.74, 6) is 0.750. The number of nitrogens with zero attached hydrogens (tertiary/aromatic N) is 4. The third-order valence-electron chi connectivity index (χ3n) is 5.15. The van der Waals surface area contributed by atoms with Gasteiger partial charge in [0, 0.05) is 54.9 Å². The van der Waals surface area contributed by atoms with E-state index in [9.17, 15) is 9.18 Å². The third-order valence-corrected chi connectivity index (χ3v) is 5.15. The van der Waals surface area contributed by atoms with Gasteiger partial charge in [0.05, 0.1) is 6.20 Å². The third kappa shape index (κ3) is 2.99. The molecule has 1 aromatic carbocycles. The highest BCUT2D eigenvalue weighted by molar-refractivity contribution is 5.61. The molecule has 0 aliphatic carbocycles. The van der Waals surface area contributed by atoms with Gasteiger partial charge < -0.3 is 4.98 Å². The van der Waals surface area contributed by atoms with Gasteiger partial charge in [0.2, 0.25) is 0 Å². The number of fused-ring (bicyclic) bond motifs is 1.